The summed E-state index contributed by atoms with van der Waals surface area (Å²) in [5.74, 6) is 1.25. The molecule has 1 saturated heterocycles. The number of fused-ring (bicyclic) bond motifs is 1. The fourth-order valence-electron chi connectivity index (χ4n) is 2.92. The smallest absolute Gasteiger partial charge is 0.259 e. The number of aryl methyl sites for hydroxylation is 2. The molecule has 2 atom stereocenters. The van der Waals surface area contributed by atoms with Gasteiger partial charge < -0.3 is 9.88 Å². The highest BCUT2D eigenvalue weighted by molar-refractivity contribution is 7.89. The van der Waals surface area contributed by atoms with E-state index in [2.05, 4.69) is 21.9 Å². The molecule has 1 aromatic heterocycles. The van der Waals surface area contributed by atoms with Crippen molar-refractivity contribution in [2.45, 2.75) is 50.2 Å². The van der Waals surface area contributed by atoms with Crippen LogP contribution in [0.1, 0.15) is 32.0 Å². The van der Waals surface area contributed by atoms with Crippen molar-refractivity contribution in [1.82, 2.24) is 19.6 Å². The maximum Gasteiger partial charge on any atom is 0.259 e. The van der Waals surface area contributed by atoms with Gasteiger partial charge in [-0.1, -0.05) is 6.92 Å². The largest absolute Gasteiger partial charge is 0.333 e. The molecule has 2 unspecified atom stereocenters. The van der Waals surface area contributed by atoms with Crippen LogP contribution in [-0.4, -0.2) is 37.1 Å². The van der Waals surface area contributed by atoms with E-state index in [0.29, 0.717) is 12.5 Å². The van der Waals surface area contributed by atoms with Crippen molar-refractivity contribution in [3.8, 4) is 0 Å². The van der Waals surface area contributed by atoms with Gasteiger partial charge in [0, 0.05) is 31.7 Å². The molecular weight excluding hydrogens is 312 g/mol. The Morgan fingerprint density at radius 1 is 1.43 bits per heavy atom. The van der Waals surface area contributed by atoms with E-state index in [0.717, 1.165) is 44.6 Å². The number of imidazole rings is 1. The molecule has 8 heteroatoms. The lowest BCUT2D eigenvalue weighted by atomic mass is 9.96. The van der Waals surface area contributed by atoms with Crippen LogP contribution in [0.5, 0.6) is 0 Å². The summed E-state index contributed by atoms with van der Waals surface area (Å²) in [6.45, 7) is 4.61. The summed E-state index contributed by atoms with van der Waals surface area (Å²) in [5.41, 5.74) is 0. The second-order valence-electron chi connectivity index (χ2n) is 5.84. The predicted molar refractivity (Wildman–Crippen MR) is 83.2 cm³/mol. The van der Waals surface area contributed by atoms with E-state index in [1.165, 1.54) is 0 Å². The molecule has 0 bridgehead atoms. The van der Waals surface area contributed by atoms with Crippen LogP contribution in [0.15, 0.2) is 11.2 Å². The van der Waals surface area contributed by atoms with Gasteiger partial charge in [-0.15, -0.1) is 12.4 Å². The maximum absolute atomic E-state index is 12.4. The Kier molecular flexibility index (Phi) is 5.29. The monoisotopic (exact) mass is 334 g/mol. The number of piperidine rings is 1. The van der Waals surface area contributed by atoms with Crippen LogP contribution in [0.25, 0.3) is 0 Å². The van der Waals surface area contributed by atoms with Crippen LogP contribution >= 0.6 is 12.4 Å². The molecule has 2 aliphatic rings. The Bertz CT molecular complexity index is 563. The summed E-state index contributed by atoms with van der Waals surface area (Å²) in [5, 5.41) is 3.41. The zero-order chi connectivity index (χ0) is 14.2. The molecule has 0 amide bonds. The van der Waals surface area contributed by atoms with E-state index in [-0.39, 0.29) is 23.5 Å². The van der Waals surface area contributed by atoms with Crippen molar-refractivity contribution in [3.05, 3.63) is 12.0 Å². The fraction of sp³-hybridized carbons (Fsp3) is 0.769. The molecule has 0 radical (unpaired) electrons. The third-order valence-electron chi connectivity index (χ3n) is 4.30. The highest BCUT2D eigenvalue weighted by atomic mass is 35.5. The average molecular weight is 335 g/mol. The summed E-state index contributed by atoms with van der Waals surface area (Å²) in [6, 6.07) is -0.0486. The van der Waals surface area contributed by atoms with Gasteiger partial charge in [0.15, 0.2) is 5.03 Å². The summed E-state index contributed by atoms with van der Waals surface area (Å²) in [7, 11) is -3.51. The van der Waals surface area contributed by atoms with Crippen LogP contribution < -0.4 is 10.0 Å². The van der Waals surface area contributed by atoms with Gasteiger partial charge in [-0.3, -0.25) is 0 Å². The van der Waals surface area contributed by atoms with Crippen LogP contribution in [0.3, 0.4) is 0 Å². The molecule has 6 nitrogen and oxygen atoms in total. The van der Waals surface area contributed by atoms with E-state index < -0.39 is 10.0 Å². The second kappa shape index (κ2) is 6.64. The first kappa shape index (κ1) is 16.7. The summed E-state index contributed by atoms with van der Waals surface area (Å²) < 4.78 is 29.7. The van der Waals surface area contributed by atoms with Crippen molar-refractivity contribution >= 4 is 22.4 Å². The lowest BCUT2D eigenvalue weighted by molar-refractivity contribution is 0.327. The Hall–Kier alpha value is -0.630. The zero-order valence-corrected chi connectivity index (χ0v) is 13.8. The zero-order valence-electron chi connectivity index (χ0n) is 12.2. The molecule has 2 N–H and O–H groups in total. The molecule has 120 valence electrons. The molecule has 0 spiro atoms. The van der Waals surface area contributed by atoms with E-state index in [9.17, 15) is 8.42 Å². The van der Waals surface area contributed by atoms with E-state index >= 15 is 0 Å². The number of hydrogen-bond donors (Lipinski definition) is 2. The van der Waals surface area contributed by atoms with Gasteiger partial charge in [-0.25, -0.2) is 18.1 Å². The van der Waals surface area contributed by atoms with Crippen molar-refractivity contribution in [2.75, 3.05) is 13.1 Å². The predicted octanol–water partition coefficient (Wildman–Crippen LogP) is 0.917. The fourth-order valence-corrected chi connectivity index (χ4v) is 4.25. The molecule has 0 aliphatic carbocycles. The number of halogens is 1. The molecule has 0 aromatic carbocycles. The van der Waals surface area contributed by atoms with Crippen LogP contribution in [0, 0.1) is 5.92 Å². The normalized spacial score (nSPS) is 26.0. The van der Waals surface area contributed by atoms with E-state index in [1.54, 1.807) is 6.20 Å². The van der Waals surface area contributed by atoms with Gasteiger partial charge >= 0.3 is 0 Å². The average Bonchev–Trinajstić information content (AvgIpc) is 2.86. The number of sulfonamides is 1. The van der Waals surface area contributed by atoms with Gasteiger partial charge in [-0.05, 0) is 31.7 Å². The van der Waals surface area contributed by atoms with Crippen molar-refractivity contribution in [1.29, 1.82) is 0 Å². The number of hydrogen-bond acceptors (Lipinski definition) is 4. The van der Waals surface area contributed by atoms with E-state index in [1.807, 2.05) is 4.57 Å². The standard InChI is InChI=1S/C13H22N4O2S.ClH/c1-10-5-6-14-8-11(10)16-20(18,19)13-9-17-7-3-2-4-12(17)15-13;/h9-11,14,16H,2-8H2,1H3;1H. The number of aromatic nitrogens is 2. The highest BCUT2D eigenvalue weighted by Gasteiger charge is 2.29. The molecular formula is C13H23ClN4O2S. The molecule has 3 heterocycles. The van der Waals surface area contributed by atoms with Crippen LogP contribution in [-0.2, 0) is 23.0 Å². The summed E-state index contributed by atoms with van der Waals surface area (Å²) in [6.07, 6.45) is 5.73. The molecule has 21 heavy (non-hydrogen) atoms. The molecule has 2 aliphatic heterocycles. The Morgan fingerprint density at radius 2 is 2.24 bits per heavy atom. The lowest BCUT2D eigenvalue weighted by Crippen LogP contribution is -2.50. The lowest BCUT2D eigenvalue weighted by Gasteiger charge is -2.29. The molecule has 1 aromatic rings. The first-order valence-electron chi connectivity index (χ1n) is 7.35. The number of nitrogens with one attached hydrogen (secondary N) is 2. The van der Waals surface area contributed by atoms with Gasteiger partial charge in [0.2, 0.25) is 0 Å². The number of nitrogens with zero attached hydrogens (tertiary/aromatic N) is 2. The summed E-state index contributed by atoms with van der Waals surface area (Å²) in [4.78, 5) is 4.31. The SMILES string of the molecule is CC1CCNCC1NS(=O)(=O)c1cn2c(n1)CCCC2.Cl. The summed E-state index contributed by atoms with van der Waals surface area (Å²) >= 11 is 0. The van der Waals surface area contributed by atoms with Gasteiger partial charge in [0.1, 0.15) is 5.82 Å². The van der Waals surface area contributed by atoms with Gasteiger partial charge in [-0.2, -0.15) is 0 Å². The minimum Gasteiger partial charge on any atom is -0.333 e. The first-order chi connectivity index (χ1) is 9.56. The topological polar surface area (TPSA) is 76.0 Å². The maximum atomic E-state index is 12.4. The van der Waals surface area contributed by atoms with Crippen molar-refractivity contribution in [2.24, 2.45) is 5.92 Å². The number of rotatable bonds is 3. The Labute approximate surface area is 132 Å². The third kappa shape index (κ3) is 3.59. The van der Waals surface area contributed by atoms with Gasteiger partial charge in [0.05, 0.1) is 0 Å². The minimum atomic E-state index is -3.51. The third-order valence-corrected chi connectivity index (χ3v) is 5.66. The van der Waals surface area contributed by atoms with E-state index in [4.69, 9.17) is 0 Å². The van der Waals surface area contributed by atoms with Crippen LogP contribution in [0.2, 0.25) is 0 Å². The first-order valence-corrected chi connectivity index (χ1v) is 8.84. The molecule has 1 fully saturated rings. The second-order valence-corrected chi connectivity index (χ2v) is 7.50. The van der Waals surface area contributed by atoms with Crippen molar-refractivity contribution < 1.29 is 8.42 Å². The van der Waals surface area contributed by atoms with Gasteiger partial charge in [0.25, 0.3) is 10.0 Å². The van der Waals surface area contributed by atoms with Crippen molar-refractivity contribution in [3.63, 3.8) is 0 Å². The Balaban J connectivity index is 0.00000161. The quantitative estimate of drug-likeness (QED) is 0.861. The minimum absolute atomic E-state index is 0. The highest BCUT2D eigenvalue weighted by Crippen LogP contribution is 2.19. The Morgan fingerprint density at radius 3 is 2.95 bits per heavy atom. The molecule has 3 rings (SSSR count). The van der Waals surface area contributed by atoms with Crippen LogP contribution in [0.4, 0.5) is 0 Å². The molecule has 0 saturated carbocycles.